The fraction of sp³-hybridized carbons (Fsp3) is 0.294. The maximum atomic E-state index is 13.8. The third-order valence-corrected chi connectivity index (χ3v) is 4.10. The zero-order valence-electron chi connectivity index (χ0n) is 13.3. The summed E-state index contributed by atoms with van der Waals surface area (Å²) in [6.45, 7) is 1.20. The second-order valence-electron chi connectivity index (χ2n) is 5.73. The molecule has 24 heavy (non-hydrogen) atoms. The molecule has 1 N–H and O–H groups in total. The van der Waals surface area contributed by atoms with Crippen molar-refractivity contribution in [1.29, 1.82) is 0 Å². The van der Waals surface area contributed by atoms with Gasteiger partial charge in [0.2, 0.25) is 0 Å². The predicted molar refractivity (Wildman–Crippen MR) is 87.4 cm³/mol. The van der Waals surface area contributed by atoms with Crippen LogP contribution in [0.4, 0.5) is 10.2 Å². The zero-order chi connectivity index (χ0) is 16.5. The number of anilines is 1. The van der Waals surface area contributed by atoms with Crippen molar-refractivity contribution in [2.24, 2.45) is 7.05 Å². The molecule has 0 bridgehead atoms. The Kier molecular flexibility index (Phi) is 3.78. The van der Waals surface area contributed by atoms with Crippen LogP contribution in [0.2, 0.25) is 0 Å². The summed E-state index contributed by atoms with van der Waals surface area (Å²) in [7, 11) is 1.94. The van der Waals surface area contributed by atoms with E-state index in [1.165, 1.54) is 18.5 Å². The molecule has 0 radical (unpaired) electrons. The molecule has 1 aliphatic heterocycles. The topological polar surface area (TPSA) is 61.2 Å². The molecule has 1 aromatic carbocycles. The first-order valence-electron chi connectivity index (χ1n) is 7.74. The zero-order valence-corrected chi connectivity index (χ0v) is 13.3. The third kappa shape index (κ3) is 2.67. The lowest BCUT2D eigenvalue weighted by Crippen LogP contribution is -2.15. The second-order valence-corrected chi connectivity index (χ2v) is 5.73. The van der Waals surface area contributed by atoms with Gasteiger partial charge in [-0.15, -0.1) is 0 Å². The van der Waals surface area contributed by atoms with Gasteiger partial charge >= 0.3 is 0 Å². The maximum Gasteiger partial charge on any atom is 0.189 e. The Labute approximate surface area is 138 Å². The van der Waals surface area contributed by atoms with Crippen molar-refractivity contribution in [2.75, 3.05) is 18.7 Å². The van der Waals surface area contributed by atoms with Crippen molar-refractivity contribution in [3.63, 3.8) is 0 Å². The number of halogens is 1. The molecular weight excluding hydrogens is 311 g/mol. The summed E-state index contributed by atoms with van der Waals surface area (Å²) in [5.41, 5.74) is 2.46. The highest BCUT2D eigenvalue weighted by Gasteiger charge is 2.17. The Morgan fingerprint density at radius 2 is 2.25 bits per heavy atom. The van der Waals surface area contributed by atoms with Crippen molar-refractivity contribution in [3.05, 3.63) is 47.7 Å². The summed E-state index contributed by atoms with van der Waals surface area (Å²) in [4.78, 5) is 8.56. The minimum atomic E-state index is -0.273. The van der Waals surface area contributed by atoms with E-state index < -0.39 is 0 Å². The molecule has 0 spiro atoms. The van der Waals surface area contributed by atoms with E-state index in [1.807, 2.05) is 23.9 Å². The van der Waals surface area contributed by atoms with E-state index in [2.05, 4.69) is 15.3 Å². The van der Waals surface area contributed by atoms with E-state index in [0.29, 0.717) is 19.6 Å². The fourth-order valence-corrected chi connectivity index (χ4v) is 2.98. The molecule has 0 unspecified atom stereocenters. The fourth-order valence-electron chi connectivity index (χ4n) is 2.98. The Hall–Kier alpha value is -2.67. The van der Waals surface area contributed by atoms with Gasteiger partial charge in [-0.05, 0) is 30.2 Å². The molecule has 3 heterocycles. The van der Waals surface area contributed by atoms with Gasteiger partial charge in [0.15, 0.2) is 6.79 Å². The van der Waals surface area contributed by atoms with Gasteiger partial charge in [0.05, 0.1) is 12.0 Å². The number of nitrogens with one attached hydrogen (secondary N) is 1. The van der Waals surface area contributed by atoms with Crippen molar-refractivity contribution < 1.29 is 13.9 Å². The van der Waals surface area contributed by atoms with Gasteiger partial charge in [0, 0.05) is 25.4 Å². The summed E-state index contributed by atoms with van der Waals surface area (Å²) in [5, 5.41) is 4.27. The van der Waals surface area contributed by atoms with Gasteiger partial charge < -0.3 is 19.4 Å². The number of nitrogens with zero attached hydrogens (tertiary/aromatic N) is 3. The van der Waals surface area contributed by atoms with Crippen LogP contribution < -0.4 is 10.1 Å². The van der Waals surface area contributed by atoms with Crippen LogP contribution in [-0.2, 0) is 24.8 Å². The Morgan fingerprint density at radius 3 is 3.17 bits per heavy atom. The molecule has 0 atom stereocenters. The third-order valence-electron chi connectivity index (χ3n) is 4.10. The van der Waals surface area contributed by atoms with Crippen molar-refractivity contribution in [1.82, 2.24) is 14.5 Å². The molecule has 0 fully saturated rings. The first-order chi connectivity index (χ1) is 11.7. The minimum Gasteiger partial charge on any atom is -0.467 e. The molecule has 0 saturated heterocycles. The highest BCUT2D eigenvalue weighted by Crippen LogP contribution is 2.30. The van der Waals surface area contributed by atoms with Crippen LogP contribution in [0.3, 0.4) is 0 Å². The van der Waals surface area contributed by atoms with Crippen LogP contribution in [0, 0.1) is 5.82 Å². The van der Waals surface area contributed by atoms with Crippen LogP contribution in [-0.4, -0.2) is 27.9 Å². The van der Waals surface area contributed by atoms with Crippen molar-refractivity contribution in [2.45, 2.75) is 13.0 Å². The number of aryl methyl sites for hydroxylation is 1. The van der Waals surface area contributed by atoms with Crippen LogP contribution in [0.5, 0.6) is 5.75 Å². The van der Waals surface area contributed by atoms with Crippen LogP contribution in [0.25, 0.3) is 11.0 Å². The molecule has 7 heteroatoms. The largest absolute Gasteiger partial charge is 0.467 e. The van der Waals surface area contributed by atoms with E-state index >= 15 is 0 Å². The second kappa shape index (κ2) is 6.09. The van der Waals surface area contributed by atoms with Crippen molar-refractivity contribution in [3.8, 4) is 5.75 Å². The first-order valence-corrected chi connectivity index (χ1v) is 7.74. The van der Waals surface area contributed by atoms with E-state index in [9.17, 15) is 4.39 Å². The Morgan fingerprint density at radius 1 is 1.33 bits per heavy atom. The van der Waals surface area contributed by atoms with Gasteiger partial charge in [0.25, 0.3) is 0 Å². The molecule has 124 valence electrons. The number of rotatable bonds is 4. The van der Waals surface area contributed by atoms with Crippen LogP contribution in [0.15, 0.2) is 30.7 Å². The lowest BCUT2D eigenvalue weighted by molar-refractivity contribution is -0.0172. The molecule has 3 aromatic rings. The van der Waals surface area contributed by atoms with E-state index in [0.717, 1.165) is 33.7 Å². The highest BCUT2D eigenvalue weighted by atomic mass is 19.1. The summed E-state index contributed by atoms with van der Waals surface area (Å²) in [5.74, 6) is 1.23. The van der Waals surface area contributed by atoms with Crippen LogP contribution >= 0.6 is 0 Å². The molecule has 0 saturated carbocycles. The van der Waals surface area contributed by atoms with Gasteiger partial charge in [-0.1, -0.05) is 0 Å². The average molecular weight is 328 g/mol. The van der Waals surface area contributed by atoms with Crippen LogP contribution in [0.1, 0.15) is 11.1 Å². The molecule has 0 amide bonds. The van der Waals surface area contributed by atoms with Crippen molar-refractivity contribution >= 4 is 16.9 Å². The number of ether oxygens (including phenoxy) is 2. The number of aromatic nitrogens is 3. The standard InChI is InChI=1S/C17H17FN4O2/c1-22-5-3-14-16(20-9-21-17(14)22)19-4-2-11-6-13(18)7-12-8-23-10-24-15(11)12/h3,5-7,9H,2,4,8,10H2,1H3,(H,19,20,21). The van der Waals surface area contributed by atoms with E-state index in [4.69, 9.17) is 9.47 Å². The van der Waals surface area contributed by atoms with Gasteiger partial charge in [-0.25, -0.2) is 14.4 Å². The van der Waals surface area contributed by atoms with Gasteiger partial charge in [0.1, 0.15) is 29.4 Å². The molecular formula is C17H17FN4O2. The van der Waals surface area contributed by atoms with E-state index in [1.54, 1.807) is 0 Å². The maximum absolute atomic E-state index is 13.8. The van der Waals surface area contributed by atoms with Gasteiger partial charge in [-0.2, -0.15) is 0 Å². The quantitative estimate of drug-likeness (QED) is 0.798. The summed E-state index contributed by atoms with van der Waals surface area (Å²) in [6.07, 6.45) is 4.11. The summed E-state index contributed by atoms with van der Waals surface area (Å²) in [6, 6.07) is 4.95. The lowest BCUT2D eigenvalue weighted by atomic mass is 10.1. The average Bonchev–Trinajstić information content (AvgIpc) is 2.97. The monoisotopic (exact) mass is 328 g/mol. The molecule has 0 aliphatic carbocycles. The normalized spacial score (nSPS) is 13.6. The smallest absolute Gasteiger partial charge is 0.189 e. The first kappa shape index (κ1) is 14.9. The lowest BCUT2D eigenvalue weighted by Gasteiger charge is -2.21. The number of hydrogen-bond donors (Lipinski definition) is 1. The van der Waals surface area contributed by atoms with Gasteiger partial charge in [-0.3, -0.25) is 0 Å². The number of benzene rings is 1. The predicted octanol–water partition coefficient (Wildman–Crippen LogP) is 2.63. The molecule has 4 rings (SSSR count). The summed E-state index contributed by atoms with van der Waals surface area (Å²) >= 11 is 0. The summed E-state index contributed by atoms with van der Waals surface area (Å²) < 4.78 is 26.5. The number of hydrogen-bond acceptors (Lipinski definition) is 5. The molecule has 2 aromatic heterocycles. The Bertz CT molecular complexity index is 894. The highest BCUT2D eigenvalue weighted by molar-refractivity contribution is 5.87. The molecule has 1 aliphatic rings. The van der Waals surface area contributed by atoms with E-state index in [-0.39, 0.29) is 12.6 Å². The molecule has 6 nitrogen and oxygen atoms in total. The Balaban J connectivity index is 1.52. The SMILES string of the molecule is Cn1ccc2c(NCCc3cc(F)cc4c3OCOC4)ncnc21. The number of fused-ring (bicyclic) bond motifs is 2. The minimum absolute atomic E-state index is 0.204.